The Labute approximate surface area is 253 Å². The molecule has 0 fully saturated rings. The second-order valence-corrected chi connectivity index (χ2v) is 12.1. The number of nitrogens with zero attached hydrogens (tertiary/aromatic N) is 1. The molecule has 0 radical (unpaired) electrons. The molecule has 1 aromatic rings. The molecule has 0 amide bonds. The summed E-state index contributed by atoms with van der Waals surface area (Å²) in [6, 6.07) is 7.79. The standard InChI is InChI=1S/C31H49NO6S/c1-8-37-27(33)29(4,5)20-12-10-14-22-31(24-32,39(35,36)26-18-16-25(3)17-19-26)23-15-11-13-21-30(6,7)28(34)38-9-2/h16-19H,8-15,20-23H2,1-7H3/i4D3,5D3,6D3,7D3. The highest BCUT2D eigenvalue weighted by Gasteiger charge is 2.44. The van der Waals surface area contributed by atoms with Gasteiger partial charge >= 0.3 is 11.9 Å². The molecule has 0 bridgehead atoms. The number of sulfone groups is 1. The molecule has 8 heteroatoms. The first kappa shape index (κ1) is 19.6. The third-order valence-corrected chi connectivity index (χ3v) is 8.98. The van der Waals surface area contributed by atoms with Crippen LogP contribution in [0.5, 0.6) is 0 Å². The molecule has 220 valence electrons. The number of hydrogen-bond acceptors (Lipinski definition) is 7. The van der Waals surface area contributed by atoms with Crippen molar-refractivity contribution >= 4 is 21.8 Å². The van der Waals surface area contributed by atoms with Gasteiger partial charge in [-0.1, -0.05) is 56.2 Å². The molecule has 0 N–H and O–H groups in total. The summed E-state index contributed by atoms with van der Waals surface area (Å²) >= 11 is 0. The summed E-state index contributed by atoms with van der Waals surface area (Å²) in [4.78, 5) is 25.5. The quantitative estimate of drug-likeness (QED) is 0.135. The van der Waals surface area contributed by atoms with Gasteiger partial charge in [-0.25, -0.2) is 8.42 Å². The van der Waals surface area contributed by atoms with Gasteiger partial charge < -0.3 is 9.47 Å². The minimum atomic E-state index is -4.36. The van der Waals surface area contributed by atoms with Crippen LogP contribution in [-0.4, -0.2) is 38.3 Å². The van der Waals surface area contributed by atoms with Gasteiger partial charge in [-0.3, -0.25) is 9.59 Å². The van der Waals surface area contributed by atoms with Crippen LogP contribution in [0.25, 0.3) is 0 Å². The first-order valence-corrected chi connectivity index (χ1v) is 14.7. The van der Waals surface area contributed by atoms with E-state index in [-0.39, 0.29) is 69.5 Å². The van der Waals surface area contributed by atoms with Crippen LogP contribution in [0, 0.1) is 29.1 Å². The predicted octanol–water partition coefficient (Wildman–Crippen LogP) is 7.11. The lowest BCUT2D eigenvalue weighted by Crippen LogP contribution is -2.37. The zero-order chi connectivity index (χ0) is 39.7. The Morgan fingerprint density at radius 3 is 1.56 bits per heavy atom. The molecule has 1 aromatic carbocycles. The Balaban J connectivity index is 3.36. The molecule has 0 aliphatic carbocycles. The Morgan fingerprint density at radius 1 is 0.795 bits per heavy atom. The van der Waals surface area contributed by atoms with E-state index >= 15 is 0 Å². The number of carbonyl (C=O) groups is 2. The number of carbonyl (C=O) groups excluding carboxylic acids is 2. The fourth-order valence-corrected chi connectivity index (χ4v) is 6.07. The van der Waals surface area contributed by atoms with Crippen molar-refractivity contribution in [3.05, 3.63) is 29.8 Å². The summed E-state index contributed by atoms with van der Waals surface area (Å²) < 4.78 is 131. The molecule has 0 heterocycles. The van der Waals surface area contributed by atoms with Crippen LogP contribution in [0.3, 0.4) is 0 Å². The smallest absolute Gasteiger partial charge is 0.311 e. The summed E-state index contributed by atoms with van der Waals surface area (Å²) in [6.45, 7) is -8.92. The number of aryl methyl sites for hydroxylation is 1. The van der Waals surface area contributed by atoms with Gasteiger partial charge in [-0.05, 0) is 86.0 Å². The lowest BCUT2D eigenvalue weighted by atomic mass is 9.85. The van der Waals surface area contributed by atoms with E-state index in [1.54, 1.807) is 19.1 Å². The SMILES string of the molecule is [2H]C([2H])([2H])C(CCCCCC(C#N)(CCCCCC(C(=O)OCC)(C([2H])([2H])[2H])C([2H])([2H])[2H])S(=O)(=O)c1ccc(C)cc1)(C(=O)OCC)C([2H])([2H])[2H]. The summed E-state index contributed by atoms with van der Waals surface area (Å²) in [6.07, 6.45) is -1.84. The molecule has 0 spiro atoms. The van der Waals surface area contributed by atoms with E-state index in [1.165, 1.54) is 26.0 Å². The minimum absolute atomic E-state index is 0.0175. The molecule has 0 saturated heterocycles. The molecular formula is C31H49NO6S. The van der Waals surface area contributed by atoms with Gasteiger partial charge in [0, 0.05) is 16.4 Å². The lowest BCUT2D eigenvalue weighted by Gasteiger charge is -2.28. The van der Waals surface area contributed by atoms with Crippen molar-refractivity contribution in [3.8, 4) is 6.07 Å². The maximum absolute atomic E-state index is 14.0. The number of nitriles is 1. The molecule has 39 heavy (non-hydrogen) atoms. The van der Waals surface area contributed by atoms with Gasteiger partial charge in [0.05, 0.1) is 35.0 Å². The lowest BCUT2D eigenvalue weighted by molar-refractivity contribution is -0.154. The van der Waals surface area contributed by atoms with Crippen molar-refractivity contribution in [1.82, 2.24) is 0 Å². The Morgan fingerprint density at radius 2 is 1.21 bits per heavy atom. The average Bonchev–Trinajstić information content (AvgIpc) is 2.97. The van der Waals surface area contributed by atoms with E-state index in [4.69, 9.17) is 25.9 Å². The monoisotopic (exact) mass is 575 g/mol. The molecular weight excluding hydrogens is 514 g/mol. The number of rotatable bonds is 18. The molecule has 0 atom stereocenters. The number of unbranched alkanes of at least 4 members (excludes halogenated alkanes) is 4. The number of hydrogen-bond donors (Lipinski definition) is 0. The van der Waals surface area contributed by atoms with E-state index in [9.17, 15) is 23.3 Å². The van der Waals surface area contributed by atoms with Crippen LogP contribution in [0.1, 0.15) is 127 Å². The molecule has 0 aromatic heterocycles. The Bertz CT molecular complexity index is 1370. The highest BCUT2D eigenvalue weighted by Crippen LogP contribution is 2.37. The van der Waals surface area contributed by atoms with Gasteiger partial charge in [0.15, 0.2) is 14.6 Å². The molecule has 0 saturated carbocycles. The summed E-state index contributed by atoms with van der Waals surface area (Å²) in [5, 5.41) is 10.4. The fraction of sp³-hybridized carbons (Fsp3) is 0.710. The first-order valence-electron chi connectivity index (χ1n) is 19.3. The fourth-order valence-electron chi connectivity index (χ4n) is 4.18. The first-order chi connectivity index (χ1) is 23.2. The minimum Gasteiger partial charge on any atom is -0.466 e. The highest BCUT2D eigenvalue weighted by molar-refractivity contribution is 7.93. The van der Waals surface area contributed by atoms with Gasteiger partial charge in [0.25, 0.3) is 0 Å². The van der Waals surface area contributed by atoms with Crippen molar-refractivity contribution in [3.63, 3.8) is 0 Å². The van der Waals surface area contributed by atoms with Crippen LogP contribution >= 0.6 is 0 Å². The third-order valence-electron chi connectivity index (χ3n) is 6.56. The van der Waals surface area contributed by atoms with E-state index < -0.39 is 77.6 Å². The van der Waals surface area contributed by atoms with Crippen LogP contribution in [-0.2, 0) is 28.9 Å². The molecule has 7 nitrogen and oxygen atoms in total. The van der Waals surface area contributed by atoms with E-state index in [2.05, 4.69) is 0 Å². The van der Waals surface area contributed by atoms with Crippen molar-refractivity contribution in [2.24, 2.45) is 10.8 Å². The van der Waals surface area contributed by atoms with Crippen molar-refractivity contribution in [2.75, 3.05) is 13.2 Å². The highest BCUT2D eigenvalue weighted by atomic mass is 32.2. The average molecular weight is 576 g/mol. The van der Waals surface area contributed by atoms with Crippen molar-refractivity contribution in [1.29, 1.82) is 5.26 Å². The van der Waals surface area contributed by atoms with E-state index in [0.717, 1.165) is 5.56 Å². The number of ether oxygens (including phenoxy) is 2. The predicted molar refractivity (Wildman–Crippen MR) is 154 cm³/mol. The molecule has 0 unspecified atom stereocenters. The second kappa shape index (κ2) is 15.4. The number of benzene rings is 1. The van der Waals surface area contributed by atoms with Gasteiger partial charge in [-0.15, -0.1) is 0 Å². The van der Waals surface area contributed by atoms with Gasteiger partial charge in [0.2, 0.25) is 0 Å². The molecule has 1 rings (SSSR count). The van der Waals surface area contributed by atoms with Crippen LogP contribution in [0.15, 0.2) is 29.2 Å². The van der Waals surface area contributed by atoms with Gasteiger partial charge in [0.1, 0.15) is 0 Å². The van der Waals surface area contributed by atoms with Crippen molar-refractivity contribution in [2.45, 2.75) is 122 Å². The molecule has 0 aliphatic rings. The maximum Gasteiger partial charge on any atom is 0.311 e. The van der Waals surface area contributed by atoms with Crippen molar-refractivity contribution < 1.29 is 43.9 Å². The Kier molecular flexibility index (Phi) is 7.76. The van der Waals surface area contributed by atoms with Crippen LogP contribution < -0.4 is 0 Å². The third kappa shape index (κ3) is 9.94. The normalized spacial score (nSPS) is 18.4. The second-order valence-electron chi connectivity index (χ2n) is 9.80. The largest absolute Gasteiger partial charge is 0.466 e. The number of esters is 2. The molecule has 0 aliphatic heterocycles. The zero-order valence-electron chi connectivity index (χ0n) is 35.1. The zero-order valence-corrected chi connectivity index (χ0v) is 23.9. The summed E-state index contributed by atoms with van der Waals surface area (Å²) in [7, 11) is -4.36. The van der Waals surface area contributed by atoms with E-state index in [1.807, 2.05) is 6.07 Å². The Hall–Kier alpha value is -2.40. The summed E-state index contributed by atoms with van der Waals surface area (Å²) in [5.74, 6) is -2.77. The van der Waals surface area contributed by atoms with E-state index in [0.29, 0.717) is 0 Å². The summed E-state index contributed by atoms with van der Waals surface area (Å²) in [5.41, 5.74) is -4.88. The maximum atomic E-state index is 14.0. The topological polar surface area (TPSA) is 111 Å². The van der Waals surface area contributed by atoms with Crippen LogP contribution in [0.4, 0.5) is 0 Å². The van der Waals surface area contributed by atoms with Gasteiger partial charge in [-0.2, -0.15) is 5.26 Å². The van der Waals surface area contributed by atoms with Crippen LogP contribution in [0.2, 0.25) is 0 Å².